The molecule has 7 heteroatoms. The number of piperidine rings is 1. The Balaban J connectivity index is 2.00. The summed E-state index contributed by atoms with van der Waals surface area (Å²) in [5.41, 5.74) is 11.2. The van der Waals surface area contributed by atoms with Crippen LogP contribution in [0.4, 0.5) is 0 Å². The fraction of sp³-hybridized carbons (Fsp3) is 0.778. The average molecular weight is 225 g/mol. The number of hydrogen-bond donors (Lipinski definition) is 5. The monoisotopic (exact) mass is 225 g/mol. The van der Waals surface area contributed by atoms with Gasteiger partial charge in [0.15, 0.2) is 11.7 Å². The molecule has 2 aliphatic heterocycles. The molecule has 2 heterocycles. The summed E-state index contributed by atoms with van der Waals surface area (Å²) in [6.07, 6.45) is 2.15. The molecule has 7 nitrogen and oxygen atoms in total. The van der Waals surface area contributed by atoms with Crippen LogP contribution >= 0.6 is 0 Å². The predicted octanol–water partition coefficient (Wildman–Crippen LogP) is -1.77. The van der Waals surface area contributed by atoms with Crippen molar-refractivity contribution < 1.29 is 0 Å². The van der Waals surface area contributed by atoms with Crippen molar-refractivity contribution in [3.63, 3.8) is 0 Å². The quantitative estimate of drug-likeness (QED) is 0.382. The van der Waals surface area contributed by atoms with Gasteiger partial charge >= 0.3 is 0 Å². The third-order valence-electron chi connectivity index (χ3n) is 2.77. The van der Waals surface area contributed by atoms with Crippen LogP contribution in [-0.4, -0.2) is 36.8 Å². The second-order valence-electron chi connectivity index (χ2n) is 4.33. The molecule has 1 fully saturated rings. The minimum Gasteiger partial charge on any atom is -0.369 e. The molecule has 1 unspecified atom stereocenters. The molecule has 0 aromatic carbocycles. The molecule has 0 aliphatic carbocycles. The molecule has 0 amide bonds. The van der Waals surface area contributed by atoms with Gasteiger partial charge in [0, 0.05) is 6.04 Å². The van der Waals surface area contributed by atoms with Crippen molar-refractivity contribution in [3.8, 4) is 0 Å². The number of hydrogen-bond acceptors (Lipinski definition) is 7. The zero-order chi connectivity index (χ0) is 11.6. The Morgan fingerprint density at radius 3 is 2.69 bits per heavy atom. The van der Waals surface area contributed by atoms with Gasteiger partial charge in [0.2, 0.25) is 5.96 Å². The molecule has 1 saturated heterocycles. The Labute approximate surface area is 94.8 Å². The maximum absolute atomic E-state index is 5.63. The van der Waals surface area contributed by atoms with Crippen LogP contribution in [0.3, 0.4) is 0 Å². The van der Waals surface area contributed by atoms with Crippen LogP contribution in [0.25, 0.3) is 0 Å². The zero-order valence-electron chi connectivity index (χ0n) is 9.45. The summed E-state index contributed by atoms with van der Waals surface area (Å²) in [6.45, 7) is 3.95. The van der Waals surface area contributed by atoms with E-state index in [0.717, 1.165) is 25.9 Å². The van der Waals surface area contributed by atoms with Crippen LogP contribution in [0.1, 0.15) is 19.8 Å². The minimum atomic E-state index is -0.641. The Bertz CT molecular complexity index is 318. The molecular weight excluding hydrogens is 206 g/mol. The van der Waals surface area contributed by atoms with E-state index in [9.17, 15) is 0 Å². The van der Waals surface area contributed by atoms with Crippen molar-refractivity contribution in [1.82, 2.24) is 16.0 Å². The van der Waals surface area contributed by atoms with Gasteiger partial charge < -0.3 is 22.1 Å². The number of guanidine groups is 2. The summed E-state index contributed by atoms with van der Waals surface area (Å²) < 4.78 is 0. The summed E-state index contributed by atoms with van der Waals surface area (Å²) in [5, 5.41) is 9.73. The summed E-state index contributed by atoms with van der Waals surface area (Å²) in [6, 6.07) is 0.418. The van der Waals surface area contributed by atoms with Crippen molar-refractivity contribution in [1.29, 1.82) is 0 Å². The molecule has 0 saturated carbocycles. The van der Waals surface area contributed by atoms with E-state index in [-0.39, 0.29) is 5.96 Å². The van der Waals surface area contributed by atoms with Gasteiger partial charge in [-0.25, -0.2) is 4.99 Å². The highest BCUT2D eigenvalue weighted by atomic mass is 15.4. The first-order valence-corrected chi connectivity index (χ1v) is 5.53. The van der Waals surface area contributed by atoms with Crippen molar-refractivity contribution in [3.05, 3.63) is 0 Å². The van der Waals surface area contributed by atoms with Crippen molar-refractivity contribution in [2.75, 3.05) is 13.1 Å². The largest absolute Gasteiger partial charge is 0.369 e. The van der Waals surface area contributed by atoms with E-state index < -0.39 is 5.79 Å². The fourth-order valence-corrected chi connectivity index (χ4v) is 2.11. The second-order valence-corrected chi connectivity index (χ2v) is 4.33. The Morgan fingerprint density at radius 1 is 1.38 bits per heavy atom. The first-order chi connectivity index (χ1) is 7.57. The SMILES string of the molecule is CC1(NC2CCNCC2)N=C(N)N=C(N)N1. The smallest absolute Gasteiger partial charge is 0.222 e. The lowest BCUT2D eigenvalue weighted by molar-refractivity contribution is 0.258. The van der Waals surface area contributed by atoms with Crippen LogP contribution in [0.5, 0.6) is 0 Å². The Morgan fingerprint density at radius 2 is 2.06 bits per heavy atom. The highest BCUT2D eigenvalue weighted by Crippen LogP contribution is 2.11. The zero-order valence-corrected chi connectivity index (χ0v) is 9.45. The van der Waals surface area contributed by atoms with Gasteiger partial charge in [-0.15, -0.1) is 0 Å². The van der Waals surface area contributed by atoms with Gasteiger partial charge in [0.1, 0.15) is 0 Å². The van der Waals surface area contributed by atoms with Gasteiger partial charge in [0.25, 0.3) is 0 Å². The lowest BCUT2D eigenvalue weighted by Gasteiger charge is -2.36. The van der Waals surface area contributed by atoms with Gasteiger partial charge in [-0.2, -0.15) is 4.99 Å². The Kier molecular flexibility index (Phi) is 2.97. The maximum atomic E-state index is 5.63. The van der Waals surface area contributed by atoms with E-state index in [4.69, 9.17) is 11.5 Å². The van der Waals surface area contributed by atoms with Crippen LogP contribution in [0, 0.1) is 0 Å². The predicted molar refractivity (Wildman–Crippen MR) is 63.8 cm³/mol. The standard InChI is InChI=1S/C9H19N7/c1-9(14-6-2-4-12-5-3-6)15-7(10)13-8(11)16-9/h6,12,14H,2-5H2,1H3,(H5,10,11,13,15,16). The molecule has 2 aliphatic rings. The van der Waals surface area contributed by atoms with Crippen LogP contribution in [-0.2, 0) is 0 Å². The number of nitrogens with one attached hydrogen (secondary N) is 3. The van der Waals surface area contributed by atoms with E-state index in [1.165, 1.54) is 0 Å². The highest BCUT2D eigenvalue weighted by Gasteiger charge is 2.30. The first-order valence-electron chi connectivity index (χ1n) is 5.53. The number of rotatable bonds is 2. The van der Waals surface area contributed by atoms with E-state index in [0.29, 0.717) is 12.0 Å². The van der Waals surface area contributed by atoms with Gasteiger partial charge in [-0.3, -0.25) is 5.32 Å². The van der Waals surface area contributed by atoms with Gasteiger partial charge in [-0.1, -0.05) is 0 Å². The topological polar surface area (TPSA) is 113 Å². The van der Waals surface area contributed by atoms with Crippen LogP contribution in [0.15, 0.2) is 9.98 Å². The molecule has 90 valence electrons. The van der Waals surface area contributed by atoms with Crippen LogP contribution < -0.4 is 27.4 Å². The number of nitrogens with two attached hydrogens (primary N) is 2. The summed E-state index contributed by atoms with van der Waals surface area (Å²) in [4.78, 5) is 8.07. The van der Waals surface area contributed by atoms with E-state index in [2.05, 4.69) is 25.9 Å². The minimum absolute atomic E-state index is 0.209. The first kappa shape index (κ1) is 11.2. The summed E-state index contributed by atoms with van der Waals surface area (Å²) in [5.74, 6) is -0.130. The van der Waals surface area contributed by atoms with E-state index in [1.807, 2.05) is 6.92 Å². The molecular formula is C9H19N7. The van der Waals surface area contributed by atoms with Crippen molar-refractivity contribution in [2.24, 2.45) is 21.5 Å². The molecule has 0 aromatic heterocycles. The fourth-order valence-electron chi connectivity index (χ4n) is 2.11. The lowest BCUT2D eigenvalue weighted by atomic mass is 10.1. The molecule has 2 rings (SSSR count). The molecule has 0 bridgehead atoms. The van der Waals surface area contributed by atoms with E-state index >= 15 is 0 Å². The third kappa shape index (κ3) is 2.61. The average Bonchev–Trinajstić information content (AvgIpc) is 2.15. The molecule has 0 spiro atoms. The lowest BCUT2D eigenvalue weighted by Crippen LogP contribution is -2.63. The highest BCUT2D eigenvalue weighted by molar-refractivity contribution is 5.95. The molecule has 0 aromatic rings. The van der Waals surface area contributed by atoms with Crippen molar-refractivity contribution in [2.45, 2.75) is 31.6 Å². The summed E-state index contributed by atoms with van der Waals surface area (Å²) >= 11 is 0. The van der Waals surface area contributed by atoms with E-state index in [1.54, 1.807) is 0 Å². The molecule has 16 heavy (non-hydrogen) atoms. The van der Waals surface area contributed by atoms with Gasteiger partial charge in [0.05, 0.1) is 0 Å². The third-order valence-corrected chi connectivity index (χ3v) is 2.77. The summed E-state index contributed by atoms with van der Waals surface area (Å²) in [7, 11) is 0. The Hall–Kier alpha value is -1.34. The number of nitrogens with zero attached hydrogens (tertiary/aromatic N) is 2. The van der Waals surface area contributed by atoms with Crippen LogP contribution in [0.2, 0.25) is 0 Å². The second kappa shape index (κ2) is 4.26. The van der Waals surface area contributed by atoms with Gasteiger partial charge in [-0.05, 0) is 32.9 Å². The number of aliphatic imine (C=N–C) groups is 2. The normalized spacial score (nSPS) is 31.6. The molecule has 1 atom stereocenters. The van der Waals surface area contributed by atoms with Crippen molar-refractivity contribution >= 4 is 11.9 Å². The maximum Gasteiger partial charge on any atom is 0.222 e. The molecule has 7 N–H and O–H groups in total. The molecule has 0 radical (unpaired) electrons.